The predicted octanol–water partition coefficient (Wildman–Crippen LogP) is 2.82. The van der Waals surface area contributed by atoms with Crippen molar-refractivity contribution in [3.05, 3.63) is 40.2 Å². The summed E-state index contributed by atoms with van der Waals surface area (Å²) in [5.74, 6) is -0.906. The minimum atomic E-state index is -0.906. The molecular weight excluding hydrogens is 210 g/mol. The van der Waals surface area contributed by atoms with Crippen LogP contribution < -0.4 is 0 Å². The van der Waals surface area contributed by atoms with Gasteiger partial charge in [0.15, 0.2) is 0 Å². The number of nitrogens with zero attached hydrogens (tertiary/aromatic N) is 1. The molecule has 0 atom stereocenters. The van der Waals surface area contributed by atoms with E-state index in [2.05, 4.69) is 4.98 Å². The molecule has 2 aromatic rings. The molecule has 3 nitrogen and oxygen atoms in total. The van der Waals surface area contributed by atoms with E-state index in [-0.39, 0.29) is 0 Å². The Balaban J connectivity index is 2.35. The van der Waals surface area contributed by atoms with Crippen LogP contribution >= 0.6 is 11.3 Å². The summed E-state index contributed by atoms with van der Waals surface area (Å²) < 4.78 is 0. The largest absolute Gasteiger partial charge is 0.478 e. The molecule has 2 rings (SSSR count). The van der Waals surface area contributed by atoms with Crippen molar-refractivity contribution in [1.29, 1.82) is 0 Å². The van der Waals surface area contributed by atoms with Crippen molar-refractivity contribution in [2.45, 2.75) is 6.92 Å². The van der Waals surface area contributed by atoms with Gasteiger partial charge in [-0.05, 0) is 19.1 Å². The first-order chi connectivity index (χ1) is 7.16. The molecule has 15 heavy (non-hydrogen) atoms. The van der Waals surface area contributed by atoms with Crippen LogP contribution in [0.2, 0.25) is 0 Å². The van der Waals surface area contributed by atoms with Gasteiger partial charge in [0.25, 0.3) is 0 Å². The Labute approximate surface area is 91.0 Å². The van der Waals surface area contributed by atoms with E-state index in [0.717, 1.165) is 16.3 Å². The van der Waals surface area contributed by atoms with Crippen molar-refractivity contribution in [3.63, 3.8) is 0 Å². The first kappa shape index (κ1) is 9.86. The van der Waals surface area contributed by atoms with Crippen molar-refractivity contribution in [2.75, 3.05) is 0 Å². The molecule has 0 aliphatic carbocycles. The van der Waals surface area contributed by atoms with Gasteiger partial charge in [-0.1, -0.05) is 12.1 Å². The van der Waals surface area contributed by atoms with Gasteiger partial charge in [-0.3, -0.25) is 0 Å². The van der Waals surface area contributed by atoms with E-state index in [1.54, 1.807) is 35.6 Å². The van der Waals surface area contributed by atoms with Crippen LogP contribution in [-0.4, -0.2) is 16.1 Å². The van der Waals surface area contributed by atoms with Crippen molar-refractivity contribution in [1.82, 2.24) is 4.98 Å². The van der Waals surface area contributed by atoms with Crippen LogP contribution in [0, 0.1) is 6.92 Å². The van der Waals surface area contributed by atoms with E-state index in [1.165, 1.54) is 0 Å². The van der Waals surface area contributed by atoms with Crippen LogP contribution in [0.3, 0.4) is 0 Å². The smallest absolute Gasteiger partial charge is 0.335 e. The maximum Gasteiger partial charge on any atom is 0.335 e. The maximum atomic E-state index is 10.6. The lowest BCUT2D eigenvalue weighted by atomic mass is 10.1. The summed E-state index contributed by atoms with van der Waals surface area (Å²) in [7, 11) is 0. The number of carboxylic acids is 1. The quantitative estimate of drug-likeness (QED) is 0.844. The summed E-state index contributed by atoms with van der Waals surface area (Å²) in [5.41, 5.74) is 2.14. The summed E-state index contributed by atoms with van der Waals surface area (Å²) in [6, 6.07) is 6.73. The number of aromatic nitrogens is 1. The zero-order valence-electron chi connectivity index (χ0n) is 8.10. The van der Waals surface area contributed by atoms with Crippen molar-refractivity contribution in [3.8, 4) is 11.3 Å². The van der Waals surface area contributed by atoms with Crippen molar-refractivity contribution >= 4 is 17.3 Å². The minimum Gasteiger partial charge on any atom is -0.478 e. The molecule has 0 saturated heterocycles. The molecule has 0 radical (unpaired) electrons. The number of carbonyl (C=O) groups is 1. The molecule has 4 heteroatoms. The van der Waals surface area contributed by atoms with Crippen LogP contribution in [0.25, 0.3) is 11.3 Å². The lowest BCUT2D eigenvalue weighted by Gasteiger charge is -1.97. The van der Waals surface area contributed by atoms with Crippen LogP contribution in [0.5, 0.6) is 0 Å². The van der Waals surface area contributed by atoms with Crippen LogP contribution in [0.1, 0.15) is 15.4 Å². The SMILES string of the molecule is Cc1nc(-c2ccc(C(=O)O)cc2)cs1. The van der Waals surface area contributed by atoms with E-state index in [9.17, 15) is 4.79 Å². The highest BCUT2D eigenvalue weighted by atomic mass is 32.1. The highest BCUT2D eigenvalue weighted by Crippen LogP contribution is 2.21. The zero-order valence-corrected chi connectivity index (χ0v) is 8.91. The van der Waals surface area contributed by atoms with Gasteiger partial charge in [-0.25, -0.2) is 9.78 Å². The molecule has 0 unspecified atom stereocenters. The number of benzene rings is 1. The number of carboxylic acid groups (broad SMARTS) is 1. The fourth-order valence-electron chi connectivity index (χ4n) is 1.28. The Kier molecular flexibility index (Phi) is 2.51. The fourth-order valence-corrected chi connectivity index (χ4v) is 1.90. The van der Waals surface area contributed by atoms with Gasteiger partial charge in [0.2, 0.25) is 0 Å². The van der Waals surface area contributed by atoms with Gasteiger partial charge in [-0.15, -0.1) is 11.3 Å². The third-order valence-corrected chi connectivity index (χ3v) is 2.82. The van der Waals surface area contributed by atoms with E-state index < -0.39 is 5.97 Å². The second-order valence-electron chi connectivity index (χ2n) is 3.13. The van der Waals surface area contributed by atoms with Gasteiger partial charge in [0.05, 0.1) is 16.3 Å². The standard InChI is InChI=1S/C11H9NO2S/c1-7-12-10(6-15-7)8-2-4-9(5-3-8)11(13)14/h2-6H,1H3,(H,13,14). The molecular formula is C11H9NO2S. The van der Waals surface area contributed by atoms with Gasteiger partial charge in [-0.2, -0.15) is 0 Å². The van der Waals surface area contributed by atoms with E-state index in [0.29, 0.717) is 5.56 Å². The first-order valence-electron chi connectivity index (χ1n) is 4.42. The topological polar surface area (TPSA) is 50.2 Å². The third-order valence-electron chi connectivity index (χ3n) is 2.05. The highest BCUT2D eigenvalue weighted by Gasteiger charge is 2.04. The van der Waals surface area contributed by atoms with E-state index >= 15 is 0 Å². The number of aryl methyl sites for hydroxylation is 1. The van der Waals surface area contributed by atoms with Crippen LogP contribution in [0.4, 0.5) is 0 Å². The molecule has 0 aliphatic heterocycles. The molecule has 1 N–H and O–H groups in total. The fraction of sp³-hybridized carbons (Fsp3) is 0.0909. The minimum absolute atomic E-state index is 0.297. The van der Waals surface area contributed by atoms with Crippen molar-refractivity contribution < 1.29 is 9.90 Å². The molecule has 1 aromatic heterocycles. The second kappa shape index (κ2) is 3.82. The Bertz CT molecular complexity index is 488. The Hall–Kier alpha value is -1.68. The lowest BCUT2D eigenvalue weighted by molar-refractivity contribution is 0.0697. The molecule has 0 amide bonds. The Morgan fingerprint density at radius 1 is 1.33 bits per heavy atom. The molecule has 0 spiro atoms. The molecule has 0 fully saturated rings. The molecule has 1 heterocycles. The van der Waals surface area contributed by atoms with Gasteiger partial charge < -0.3 is 5.11 Å². The molecule has 0 aliphatic rings. The summed E-state index contributed by atoms with van der Waals surface area (Å²) in [6.07, 6.45) is 0. The zero-order chi connectivity index (χ0) is 10.8. The number of aromatic carboxylic acids is 1. The number of hydrogen-bond donors (Lipinski definition) is 1. The van der Waals surface area contributed by atoms with Gasteiger partial charge in [0, 0.05) is 10.9 Å². The summed E-state index contributed by atoms with van der Waals surface area (Å²) in [6.45, 7) is 1.94. The number of hydrogen-bond acceptors (Lipinski definition) is 3. The number of thiazole rings is 1. The van der Waals surface area contributed by atoms with Crippen LogP contribution in [0.15, 0.2) is 29.6 Å². The third kappa shape index (κ3) is 2.05. The Morgan fingerprint density at radius 3 is 2.47 bits per heavy atom. The average molecular weight is 219 g/mol. The van der Waals surface area contributed by atoms with E-state index in [1.807, 2.05) is 12.3 Å². The summed E-state index contributed by atoms with van der Waals surface area (Å²) in [4.78, 5) is 15.0. The average Bonchev–Trinajstić information content (AvgIpc) is 2.65. The summed E-state index contributed by atoms with van der Waals surface area (Å²) in [5, 5.41) is 11.7. The molecule has 1 aromatic carbocycles. The first-order valence-corrected chi connectivity index (χ1v) is 5.30. The molecule has 0 bridgehead atoms. The summed E-state index contributed by atoms with van der Waals surface area (Å²) >= 11 is 1.58. The maximum absolute atomic E-state index is 10.6. The predicted molar refractivity (Wildman–Crippen MR) is 59.2 cm³/mol. The Morgan fingerprint density at radius 2 is 2.00 bits per heavy atom. The number of rotatable bonds is 2. The van der Waals surface area contributed by atoms with Crippen molar-refractivity contribution in [2.24, 2.45) is 0 Å². The highest BCUT2D eigenvalue weighted by molar-refractivity contribution is 7.09. The van der Waals surface area contributed by atoms with Gasteiger partial charge >= 0.3 is 5.97 Å². The second-order valence-corrected chi connectivity index (χ2v) is 4.20. The monoisotopic (exact) mass is 219 g/mol. The molecule has 0 saturated carbocycles. The molecule has 76 valence electrons. The van der Waals surface area contributed by atoms with Crippen LogP contribution in [-0.2, 0) is 0 Å². The normalized spacial score (nSPS) is 10.2. The lowest BCUT2D eigenvalue weighted by Crippen LogP contribution is -1.94. The van der Waals surface area contributed by atoms with Gasteiger partial charge in [0.1, 0.15) is 0 Å². The van der Waals surface area contributed by atoms with E-state index in [4.69, 9.17) is 5.11 Å².